The zero-order chi connectivity index (χ0) is 22.8. The van der Waals surface area contributed by atoms with Crippen molar-refractivity contribution in [2.75, 3.05) is 12.4 Å². The molecule has 1 aromatic heterocycles. The molecule has 1 amide bonds. The van der Waals surface area contributed by atoms with Crippen LogP contribution in [-0.4, -0.2) is 23.7 Å². The first-order valence-electron chi connectivity index (χ1n) is 11.1. The number of carbonyl (C=O) groups is 1. The third-order valence-corrected chi connectivity index (χ3v) is 6.52. The number of hydrazone groups is 1. The van der Waals surface area contributed by atoms with E-state index in [9.17, 15) is 4.79 Å². The Morgan fingerprint density at radius 2 is 1.88 bits per heavy atom. The monoisotopic (exact) mass is 438 g/mol. The Kier molecular flexibility index (Phi) is 5.65. The molecule has 2 N–H and O–H groups in total. The van der Waals surface area contributed by atoms with Crippen LogP contribution in [0.15, 0.2) is 84.2 Å². The topological polar surface area (TPSA) is 75.6 Å². The summed E-state index contributed by atoms with van der Waals surface area (Å²) in [7, 11) is 1.69. The number of hydrogen-bond acceptors (Lipinski definition) is 5. The van der Waals surface area contributed by atoms with Crippen molar-refractivity contribution >= 4 is 17.3 Å². The molecular weight excluding hydrogens is 412 g/mol. The van der Waals surface area contributed by atoms with Crippen LogP contribution in [0.25, 0.3) is 0 Å². The molecule has 2 aliphatic rings. The van der Waals surface area contributed by atoms with Crippen LogP contribution >= 0.6 is 0 Å². The molecule has 0 unspecified atom stereocenters. The SMILES string of the molecule is COc1ccc([C@@H]2Nc3ccc(/C(C)=N\NC(=O)c4ccncc4)cc3[C@@H]3C=CC[C@@H]32)cc1. The van der Waals surface area contributed by atoms with Gasteiger partial charge in [-0.2, -0.15) is 5.10 Å². The predicted octanol–water partition coefficient (Wildman–Crippen LogP) is 5.07. The van der Waals surface area contributed by atoms with Gasteiger partial charge in [-0.15, -0.1) is 0 Å². The van der Waals surface area contributed by atoms with E-state index >= 15 is 0 Å². The van der Waals surface area contributed by atoms with Crippen LogP contribution in [0.1, 0.15) is 52.4 Å². The van der Waals surface area contributed by atoms with Crippen molar-refractivity contribution in [3.05, 3.63) is 101 Å². The molecule has 0 radical (unpaired) electrons. The Labute approximate surface area is 193 Å². The molecule has 1 aliphatic heterocycles. The second-order valence-corrected chi connectivity index (χ2v) is 8.42. The standard InChI is InChI=1S/C27H26N4O2/c1-17(30-31-27(32)19-12-14-28-15-13-19)20-8-11-25-24(16-20)22-4-3-5-23(22)26(29-25)18-6-9-21(33-2)10-7-18/h3-4,6-16,22-23,26,29H,5H2,1-2H3,(H,31,32)/b30-17-/t22-,23+,26+/m1/s1. The quantitative estimate of drug-likeness (QED) is 0.331. The number of pyridine rings is 1. The number of nitrogens with zero attached hydrogens (tertiary/aromatic N) is 2. The molecule has 0 saturated heterocycles. The van der Waals surface area contributed by atoms with Crippen molar-refractivity contribution in [2.45, 2.75) is 25.3 Å². The van der Waals surface area contributed by atoms with Gasteiger partial charge >= 0.3 is 0 Å². The zero-order valence-corrected chi connectivity index (χ0v) is 18.7. The molecule has 5 rings (SSSR count). The number of allylic oxidation sites excluding steroid dienone is 2. The smallest absolute Gasteiger partial charge is 0.271 e. The van der Waals surface area contributed by atoms with Gasteiger partial charge in [0.15, 0.2) is 0 Å². The molecule has 3 aromatic rings. The molecule has 0 bridgehead atoms. The normalized spacial score (nSPS) is 21.0. The highest BCUT2D eigenvalue weighted by Gasteiger charge is 2.38. The summed E-state index contributed by atoms with van der Waals surface area (Å²) in [4.78, 5) is 16.2. The zero-order valence-electron chi connectivity index (χ0n) is 18.7. The maximum atomic E-state index is 12.3. The highest BCUT2D eigenvalue weighted by molar-refractivity contribution is 6.01. The molecule has 3 atom stereocenters. The predicted molar refractivity (Wildman–Crippen MR) is 130 cm³/mol. The van der Waals surface area contributed by atoms with E-state index in [1.165, 1.54) is 11.1 Å². The van der Waals surface area contributed by atoms with E-state index in [2.05, 4.69) is 57.2 Å². The molecule has 2 aromatic carbocycles. The van der Waals surface area contributed by atoms with Crippen LogP contribution < -0.4 is 15.5 Å². The fraction of sp³-hybridized carbons (Fsp3) is 0.222. The minimum Gasteiger partial charge on any atom is -0.497 e. The summed E-state index contributed by atoms with van der Waals surface area (Å²) in [5, 5.41) is 8.09. The molecule has 6 nitrogen and oxygen atoms in total. The van der Waals surface area contributed by atoms with Crippen molar-refractivity contribution in [1.29, 1.82) is 0 Å². The van der Waals surface area contributed by atoms with Crippen LogP contribution in [-0.2, 0) is 0 Å². The molecule has 33 heavy (non-hydrogen) atoms. The molecule has 2 heterocycles. The minimum absolute atomic E-state index is 0.240. The van der Waals surface area contributed by atoms with Gasteiger partial charge in [-0.05, 0) is 72.4 Å². The second-order valence-electron chi connectivity index (χ2n) is 8.42. The molecule has 6 heteroatoms. The number of rotatable bonds is 5. The lowest BCUT2D eigenvalue weighted by molar-refractivity contribution is 0.0954. The average Bonchev–Trinajstić information content (AvgIpc) is 3.37. The number of amides is 1. The number of aromatic nitrogens is 1. The number of nitrogens with one attached hydrogen (secondary N) is 2. The van der Waals surface area contributed by atoms with Crippen molar-refractivity contribution in [1.82, 2.24) is 10.4 Å². The average molecular weight is 439 g/mol. The summed E-state index contributed by atoms with van der Waals surface area (Å²) < 4.78 is 5.32. The lowest BCUT2D eigenvalue weighted by Crippen LogP contribution is -2.29. The van der Waals surface area contributed by atoms with Crippen LogP contribution in [0.3, 0.4) is 0 Å². The third-order valence-electron chi connectivity index (χ3n) is 6.52. The minimum atomic E-state index is -0.252. The van der Waals surface area contributed by atoms with Crippen molar-refractivity contribution in [2.24, 2.45) is 11.0 Å². The first kappa shape index (κ1) is 20.9. The summed E-state index contributed by atoms with van der Waals surface area (Å²) in [5.74, 6) is 1.40. The van der Waals surface area contributed by atoms with Gasteiger partial charge in [0.2, 0.25) is 0 Å². The van der Waals surface area contributed by atoms with Gasteiger partial charge in [0.25, 0.3) is 5.91 Å². The van der Waals surface area contributed by atoms with Crippen LogP contribution in [0.4, 0.5) is 5.69 Å². The molecule has 0 saturated carbocycles. The number of methoxy groups -OCH3 is 1. The third kappa shape index (κ3) is 4.12. The van der Waals surface area contributed by atoms with Crippen molar-refractivity contribution < 1.29 is 9.53 Å². The van der Waals surface area contributed by atoms with E-state index in [0.29, 0.717) is 17.4 Å². The van der Waals surface area contributed by atoms with E-state index in [0.717, 1.165) is 29.1 Å². The first-order chi connectivity index (χ1) is 16.1. The maximum absolute atomic E-state index is 12.3. The van der Waals surface area contributed by atoms with Gasteiger partial charge in [0, 0.05) is 29.6 Å². The highest BCUT2D eigenvalue weighted by atomic mass is 16.5. The molecule has 166 valence electrons. The molecule has 1 aliphatic carbocycles. The Bertz CT molecular complexity index is 1220. The molecular formula is C27H26N4O2. The van der Waals surface area contributed by atoms with E-state index in [4.69, 9.17) is 4.74 Å². The van der Waals surface area contributed by atoms with E-state index in [1.807, 2.05) is 25.1 Å². The largest absolute Gasteiger partial charge is 0.497 e. The number of carbonyl (C=O) groups excluding carboxylic acids is 1. The molecule has 0 fully saturated rings. The highest BCUT2D eigenvalue weighted by Crippen LogP contribution is 2.50. The Hall–Kier alpha value is -3.93. The number of fused-ring (bicyclic) bond motifs is 3. The first-order valence-corrected chi connectivity index (χ1v) is 11.1. The van der Waals surface area contributed by atoms with Gasteiger partial charge in [0.05, 0.1) is 18.9 Å². The summed E-state index contributed by atoms with van der Waals surface area (Å²) >= 11 is 0. The fourth-order valence-electron chi connectivity index (χ4n) is 4.73. The molecule has 0 spiro atoms. The van der Waals surface area contributed by atoms with Crippen molar-refractivity contribution in [3.8, 4) is 5.75 Å². The number of benzene rings is 2. The van der Waals surface area contributed by atoms with E-state index < -0.39 is 0 Å². The Balaban J connectivity index is 1.39. The summed E-state index contributed by atoms with van der Waals surface area (Å²) in [6, 6.07) is 18.3. The van der Waals surface area contributed by atoms with Crippen molar-refractivity contribution in [3.63, 3.8) is 0 Å². The number of anilines is 1. The summed E-state index contributed by atoms with van der Waals surface area (Å²) in [6.07, 6.45) is 8.82. The lowest BCUT2D eigenvalue weighted by atomic mass is 9.76. The maximum Gasteiger partial charge on any atom is 0.271 e. The van der Waals surface area contributed by atoms with Gasteiger partial charge in [0.1, 0.15) is 5.75 Å². The van der Waals surface area contributed by atoms with Crippen LogP contribution in [0.5, 0.6) is 5.75 Å². The van der Waals surface area contributed by atoms with E-state index in [1.54, 1.807) is 31.6 Å². The Morgan fingerprint density at radius 3 is 2.64 bits per heavy atom. The number of ether oxygens (including phenoxy) is 1. The second kappa shape index (κ2) is 8.90. The van der Waals surface area contributed by atoms with Gasteiger partial charge < -0.3 is 10.1 Å². The summed E-state index contributed by atoms with van der Waals surface area (Å²) in [6.45, 7) is 1.91. The fourth-order valence-corrected chi connectivity index (χ4v) is 4.73. The van der Waals surface area contributed by atoms with Crippen LogP contribution in [0.2, 0.25) is 0 Å². The van der Waals surface area contributed by atoms with Gasteiger partial charge in [-0.1, -0.05) is 30.4 Å². The summed E-state index contributed by atoms with van der Waals surface area (Å²) in [5.41, 5.74) is 8.60. The van der Waals surface area contributed by atoms with E-state index in [-0.39, 0.29) is 11.9 Å². The number of hydrogen-bond donors (Lipinski definition) is 2. The Morgan fingerprint density at radius 1 is 1.09 bits per heavy atom. The lowest BCUT2D eigenvalue weighted by Gasteiger charge is -2.37. The van der Waals surface area contributed by atoms with Gasteiger partial charge in [-0.25, -0.2) is 5.43 Å². The van der Waals surface area contributed by atoms with Gasteiger partial charge in [-0.3, -0.25) is 9.78 Å². The van der Waals surface area contributed by atoms with Crippen LogP contribution in [0, 0.1) is 5.92 Å².